The van der Waals surface area contributed by atoms with Gasteiger partial charge < -0.3 is 10.4 Å². The number of aromatic nitrogens is 2. The van der Waals surface area contributed by atoms with Crippen molar-refractivity contribution < 1.29 is 9.90 Å². The molecule has 0 aliphatic heterocycles. The Hall–Kier alpha value is -1.36. The molecule has 0 aromatic carbocycles. The van der Waals surface area contributed by atoms with Crippen LogP contribution in [0.15, 0.2) is 6.20 Å². The van der Waals surface area contributed by atoms with E-state index < -0.39 is 5.97 Å². The summed E-state index contributed by atoms with van der Waals surface area (Å²) in [6, 6.07) is 0. The summed E-state index contributed by atoms with van der Waals surface area (Å²) in [5.41, 5.74) is 2.36. The quantitative estimate of drug-likeness (QED) is 0.681. The smallest absolute Gasteiger partial charge is 0.303 e. The molecule has 0 atom stereocenters. The van der Waals surface area contributed by atoms with Crippen molar-refractivity contribution in [2.24, 2.45) is 7.05 Å². The number of carboxylic acid groups (broad SMARTS) is 1. The predicted octanol–water partition coefficient (Wildman–Crippen LogP) is 1.07. The Bertz CT molecular complexity index is 347. The second-order valence-electron chi connectivity index (χ2n) is 3.91. The van der Waals surface area contributed by atoms with Gasteiger partial charge in [0.1, 0.15) is 0 Å². The summed E-state index contributed by atoms with van der Waals surface area (Å²) in [5.74, 6) is -0.719. The van der Waals surface area contributed by atoms with Crippen LogP contribution in [-0.4, -0.2) is 27.4 Å². The van der Waals surface area contributed by atoms with Gasteiger partial charge in [-0.15, -0.1) is 0 Å². The van der Waals surface area contributed by atoms with Crippen molar-refractivity contribution in [3.63, 3.8) is 0 Å². The molecule has 0 amide bonds. The molecule has 0 radical (unpaired) electrons. The molecule has 0 unspecified atom stereocenters. The minimum Gasteiger partial charge on any atom is -0.481 e. The zero-order valence-electron chi connectivity index (χ0n) is 9.86. The number of carboxylic acids is 1. The average Bonchev–Trinajstić information content (AvgIpc) is 2.54. The largest absolute Gasteiger partial charge is 0.481 e. The van der Waals surface area contributed by atoms with Crippen molar-refractivity contribution in [3.05, 3.63) is 17.5 Å². The van der Waals surface area contributed by atoms with E-state index in [2.05, 4.69) is 10.4 Å². The van der Waals surface area contributed by atoms with Crippen molar-refractivity contribution >= 4 is 5.97 Å². The first kappa shape index (κ1) is 12.7. The van der Waals surface area contributed by atoms with E-state index in [0.717, 1.165) is 31.6 Å². The van der Waals surface area contributed by atoms with Gasteiger partial charge in [-0.1, -0.05) is 0 Å². The number of unbranched alkanes of at least 4 members (excludes halogenated alkanes) is 1. The highest BCUT2D eigenvalue weighted by Crippen LogP contribution is 2.04. The maximum atomic E-state index is 10.3. The summed E-state index contributed by atoms with van der Waals surface area (Å²) >= 11 is 0. The Labute approximate surface area is 95.5 Å². The summed E-state index contributed by atoms with van der Waals surface area (Å²) in [7, 11) is 1.92. The topological polar surface area (TPSA) is 67.2 Å². The maximum absolute atomic E-state index is 10.3. The standard InChI is InChI=1S/C11H19N3O2/c1-9-10(8-13-14(9)2)7-12-6-4-3-5-11(15)16/h8,12H,3-7H2,1-2H3,(H,15,16). The van der Waals surface area contributed by atoms with Gasteiger partial charge in [-0.25, -0.2) is 0 Å². The number of hydrogen-bond donors (Lipinski definition) is 2. The second-order valence-corrected chi connectivity index (χ2v) is 3.91. The third kappa shape index (κ3) is 4.02. The van der Waals surface area contributed by atoms with Crippen LogP contribution in [0.5, 0.6) is 0 Å². The first-order valence-electron chi connectivity index (χ1n) is 5.51. The number of aliphatic carboxylic acids is 1. The first-order chi connectivity index (χ1) is 7.61. The van der Waals surface area contributed by atoms with Gasteiger partial charge in [0, 0.05) is 31.3 Å². The number of rotatable bonds is 7. The molecule has 1 aromatic rings. The zero-order chi connectivity index (χ0) is 12.0. The molecule has 1 rings (SSSR count). The maximum Gasteiger partial charge on any atom is 0.303 e. The van der Waals surface area contributed by atoms with Crippen molar-refractivity contribution in [1.29, 1.82) is 0 Å². The van der Waals surface area contributed by atoms with Gasteiger partial charge in [0.25, 0.3) is 0 Å². The molecule has 1 heterocycles. The van der Waals surface area contributed by atoms with Crippen molar-refractivity contribution in [3.8, 4) is 0 Å². The molecular weight excluding hydrogens is 206 g/mol. The van der Waals surface area contributed by atoms with Crippen molar-refractivity contribution in [1.82, 2.24) is 15.1 Å². The molecule has 5 nitrogen and oxygen atoms in total. The van der Waals surface area contributed by atoms with Gasteiger partial charge in [0.15, 0.2) is 0 Å². The Morgan fingerprint density at radius 1 is 1.56 bits per heavy atom. The highest BCUT2D eigenvalue weighted by Gasteiger charge is 2.02. The Morgan fingerprint density at radius 2 is 2.31 bits per heavy atom. The van der Waals surface area contributed by atoms with E-state index in [9.17, 15) is 4.79 Å². The zero-order valence-corrected chi connectivity index (χ0v) is 9.86. The van der Waals surface area contributed by atoms with E-state index in [1.165, 1.54) is 5.56 Å². The van der Waals surface area contributed by atoms with Crippen LogP contribution in [0.1, 0.15) is 30.5 Å². The summed E-state index contributed by atoms with van der Waals surface area (Å²) in [5, 5.41) is 15.9. The lowest BCUT2D eigenvalue weighted by Crippen LogP contribution is -2.15. The van der Waals surface area contributed by atoms with Gasteiger partial charge in [0.05, 0.1) is 6.20 Å². The number of aryl methyl sites for hydroxylation is 1. The number of nitrogens with one attached hydrogen (secondary N) is 1. The van der Waals surface area contributed by atoms with E-state index in [0.29, 0.717) is 0 Å². The molecule has 0 fully saturated rings. The molecule has 2 N–H and O–H groups in total. The van der Waals surface area contributed by atoms with E-state index >= 15 is 0 Å². The van der Waals surface area contributed by atoms with Crippen LogP contribution in [0, 0.1) is 6.92 Å². The Morgan fingerprint density at radius 3 is 2.88 bits per heavy atom. The normalized spacial score (nSPS) is 10.6. The van der Waals surface area contributed by atoms with Gasteiger partial charge in [0.2, 0.25) is 0 Å². The van der Waals surface area contributed by atoms with Crippen LogP contribution < -0.4 is 5.32 Å². The Balaban J connectivity index is 2.12. The van der Waals surface area contributed by atoms with Crippen LogP contribution in [0.2, 0.25) is 0 Å². The molecule has 0 aliphatic rings. The molecule has 0 saturated heterocycles. The van der Waals surface area contributed by atoms with Crippen molar-refractivity contribution in [2.75, 3.05) is 6.54 Å². The molecule has 90 valence electrons. The molecule has 0 saturated carbocycles. The molecule has 0 bridgehead atoms. The lowest BCUT2D eigenvalue weighted by molar-refractivity contribution is -0.137. The minimum absolute atomic E-state index is 0.258. The monoisotopic (exact) mass is 225 g/mol. The fraction of sp³-hybridized carbons (Fsp3) is 0.636. The molecule has 1 aromatic heterocycles. The van der Waals surface area contributed by atoms with Gasteiger partial charge in [-0.05, 0) is 26.3 Å². The lowest BCUT2D eigenvalue weighted by atomic mass is 10.2. The fourth-order valence-corrected chi connectivity index (χ4v) is 1.47. The molecule has 0 aliphatic carbocycles. The highest BCUT2D eigenvalue weighted by molar-refractivity contribution is 5.66. The molecule has 16 heavy (non-hydrogen) atoms. The number of carbonyl (C=O) groups is 1. The number of nitrogens with zero attached hydrogens (tertiary/aromatic N) is 2. The van der Waals surface area contributed by atoms with E-state index in [-0.39, 0.29) is 6.42 Å². The van der Waals surface area contributed by atoms with E-state index in [1.807, 2.05) is 24.9 Å². The summed E-state index contributed by atoms with van der Waals surface area (Å²) in [6.07, 6.45) is 3.74. The van der Waals surface area contributed by atoms with Crippen LogP contribution in [0.25, 0.3) is 0 Å². The molecular formula is C11H19N3O2. The van der Waals surface area contributed by atoms with Crippen LogP contribution >= 0.6 is 0 Å². The Kier molecular flexibility index (Phi) is 4.98. The second kappa shape index (κ2) is 6.27. The number of hydrogen-bond acceptors (Lipinski definition) is 3. The lowest BCUT2D eigenvalue weighted by Gasteiger charge is -2.03. The highest BCUT2D eigenvalue weighted by atomic mass is 16.4. The minimum atomic E-state index is -0.719. The van der Waals surface area contributed by atoms with Gasteiger partial charge >= 0.3 is 5.97 Å². The fourth-order valence-electron chi connectivity index (χ4n) is 1.47. The third-order valence-corrected chi connectivity index (χ3v) is 2.65. The summed E-state index contributed by atoms with van der Waals surface area (Å²) in [4.78, 5) is 10.3. The third-order valence-electron chi connectivity index (χ3n) is 2.65. The average molecular weight is 225 g/mol. The van der Waals surface area contributed by atoms with Gasteiger partial charge in [-0.3, -0.25) is 9.48 Å². The van der Waals surface area contributed by atoms with Crippen LogP contribution in [-0.2, 0) is 18.4 Å². The van der Waals surface area contributed by atoms with Gasteiger partial charge in [-0.2, -0.15) is 5.10 Å². The molecule has 0 spiro atoms. The summed E-state index contributed by atoms with van der Waals surface area (Å²) in [6.45, 7) is 3.68. The van der Waals surface area contributed by atoms with Crippen LogP contribution in [0.4, 0.5) is 0 Å². The van der Waals surface area contributed by atoms with E-state index in [4.69, 9.17) is 5.11 Å². The predicted molar refractivity (Wildman–Crippen MR) is 61.1 cm³/mol. The van der Waals surface area contributed by atoms with Crippen molar-refractivity contribution in [2.45, 2.75) is 32.7 Å². The SMILES string of the molecule is Cc1c(CNCCCCC(=O)O)cnn1C. The first-order valence-corrected chi connectivity index (χ1v) is 5.51. The van der Waals surface area contributed by atoms with E-state index in [1.54, 1.807) is 0 Å². The summed E-state index contributed by atoms with van der Waals surface area (Å²) < 4.78 is 1.85. The van der Waals surface area contributed by atoms with Crippen LogP contribution in [0.3, 0.4) is 0 Å². The molecule has 5 heteroatoms.